The van der Waals surface area contributed by atoms with Gasteiger partial charge < -0.3 is 20.9 Å². The zero-order chi connectivity index (χ0) is 20.5. The lowest BCUT2D eigenvalue weighted by Crippen LogP contribution is -2.58. The summed E-state index contributed by atoms with van der Waals surface area (Å²) in [5, 5.41) is 16.8. The number of aryl methyl sites for hydroxylation is 2. The van der Waals surface area contributed by atoms with Crippen LogP contribution >= 0.6 is 11.3 Å². The average Bonchev–Trinajstić information content (AvgIpc) is 3.20. The highest BCUT2D eigenvalue weighted by molar-refractivity contribution is 7.09. The minimum absolute atomic E-state index is 0.232. The van der Waals surface area contributed by atoms with E-state index in [0.717, 1.165) is 10.6 Å². The molecule has 3 aromatic rings. The van der Waals surface area contributed by atoms with Gasteiger partial charge in [-0.15, -0.1) is 11.3 Å². The normalized spacial score (nSPS) is 13.3. The van der Waals surface area contributed by atoms with Crippen LogP contribution in [0.5, 0.6) is 5.75 Å². The number of primary amides is 1. The molecular weight excluding hydrogens is 382 g/mol. The van der Waals surface area contributed by atoms with E-state index in [9.17, 15) is 14.7 Å². The number of aliphatic hydroxyl groups is 1. The van der Waals surface area contributed by atoms with Crippen molar-refractivity contribution in [2.75, 3.05) is 6.61 Å². The molecule has 9 nitrogen and oxygen atoms in total. The van der Waals surface area contributed by atoms with Crippen LogP contribution in [0.15, 0.2) is 23.7 Å². The number of thiazole rings is 1. The molecule has 2 amide bonds. The Morgan fingerprint density at radius 3 is 2.79 bits per heavy atom. The third kappa shape index (κ3) is 3.69. The van der Waals surface area contributed by atoms with E-state index in [4.69, 9.17) is 10.5 Å². The molecule has 0 saturated carbocycles. The molecule has 10 heteroatoms. The number of hydrogen-bond acceptors (Lipinski definition) is 7. The number of carbonyl (C=O) groups is 2. The maximum Gasteiger partial charge on any atom is 0.271 e. The number of rotatable bonds is 7. The molecule has 4 N–H and O–H groups in total. The number of ether oxygens (including phenoxy) is 1. The zero-order valence-corrected chi connectivity index (χ0v) is 16.5. The summed E-state index contributed by atoms with van der Waals surface area (Å²) < 4.78 is 7.24. The standard InChI is InChI=1S/C18H21N5O4S/c1-10-14(28-9-20-10)7-27-11-4-5-13-12(6-11)15(23(3)22-13)16(25)21-18(2,8-24)17(19)26/h4-6,9,24H,7-8H2,1-3H3,(H2,19,26)(H,21,25). The van der Waals surface area contributed by atoms with E-state index in [1.54, 1.807) is 30.8 Å². The maximum absolute atomic E-state index is 12.8. The molecule has 28 heavy (non-hydrogen) atoms. The van der Waals surface area contributed by atoms with Gasteiger partial charge in [0.15, 0.2) is 0 Å². The van der Waals surface area contributed by atoms with Crippen molar-refractivity contribution in [1.82, 2.24) is 20.1 Å². The topological polar surface area (TPSA) is 132 Å². The van der Waals surface area contributed by atoms with Crippen molar-refractivity contribution >= 4 is 34.1 Å². The van der Waals surface area contributed by atoms with Crippen LogP contribution in [0.2, 0.25) is 0 Å². The summed E-state index contributed by atoms with van der Waals surface area (Å²) in [5.41, 5.74) is 7.23. The van der Waals surface area contributed by atoms with Gasteiger partial charge in [0.2, 0.25) is 5.91 Å². The second-order valence-electron chi connectivity index (χ2n) is 6.61. The first-order valence-electron chi connectivity index (χ1n) is 8.47. The van der Waals surface area contributed by atoms with Crippen LogP contribution in [-0.4, -0.2) is 43.8 Å². The van der Waals surface area contributed by atoms with Gasteiger partial charge in [-0.1, -0.05) is 0 Å². The number of carbonyl (C=O) groups excluding carboxylic acids is 2. The second kappa shape index (κ2) is 7.56. The van der Waals surface area contributed by atoms with E-state index in [0.29, 0.717) is 23.3 Å². The number of aromatic nitrogens is 3. The van der Waals surface area contributed by atoms with E-state index >= 15 is 0 Å². The Labute approximate surface area is 165 Å². The molecule has 1 atom stereocenters. The van der Waals surface area contributed by atoms with Crippen molar-refractivity contribution in [2.24, 2.45) is 12.8 Å². The molecule has 0 radical (unpaired) electrons. The molecule has 0 aliphatic heterocycles. The fourth-order valence-electron chi connectivity index (χ4n) is 2.64. The Morgan fingerprint density at radius 1 is 1.43 bits per heavy atom. The first kappa shape index (κ1) is 19.8. The molecule has 148 valence electrons. The SMILES string of the molecule is Cc1ncsc1COc1ccc2nn(C)c(C(=O)NC(C)(CO)C(N)=O)c2c1. The Hall–Kier alpha value is -2.98. The predicted octanol–water partition coefficient (Wildman–Crippen LogP) is 0.883. The smallest absolute Gasteiger partial charge is 0.271 e. The van der Waals surface area contributed by atoms with Gasteiger partial charge in [-0.2, -0.15) is 5.10 Å². The molecule has 1 unspecified atom stereocenters. The minimum Gasteiger partial charge on any atom is -0.488 e. The third-order valence-electron chi connectivity index (χ3n) is 4.48. The molecule has 0 aliphatic carbocycles. The number of nitrogens with two attached hydrogens (primary N) is 1. The highest BCUT2D eigenvalue weighted by Gasteiger charge is 2.33. The van der Waals surface area contributed by atoms with Crippen molar-refractivity contribution in [3.8, 4) is 5.75 Å². The Morgan fingerprint density at radius 2 is 2.18 bits per heavy atom. The van der Waals surface area contributed by atoms with E-state index < -0.39 is 24.0 Å². The number of aliphatic hydroxyl groups excluding tert-OH is 1. The van der Waals surface area contributed by atoms with E-state index in [1.165, 1.54) is 22.9 Å². The van der Waals surface area contributed by atoms with Gasteiger partial charge in [0.1, 0.15) is 23.6 Å². The van der Waals surface area contributed by atoms with Crippen LogP contribution in [0, 0.1) is 6.92 Å². The van der Waals surface area contributed by atoms with Crippen LogP contribution in [0.4, 0.5) is 0 Å². The fourth-order valence-corrected chi connectivity index (χ4v) is 3.33. The summed E-state index contributed by atoms with van der Waals surface area (Å²) in [6, 6.07) is 5.24. The average molecular weight is 403 g/mol. The van der Waals surface area contributed by atoms with E-state index in [-0.39, 0.29) is 5.69 Å². The first-order valence-corrected chi connectivity index (χ1v) is 9.35. The van der Waals surface area contributed by atoms with Crippen LogP contribution in [-0.2, 0) is 18.4 Å². The summed E-state index contributed by atoms with van der Waals surface area (Å²) in [4.78, 5) is 29.6. The molecule has 1 aromatic carbocycles. The molecular formula is C18H21N5O4S. The lowest BCUT2D eigenvalue weighted by atomic mass is 10.0. The van der Waals surface area contributed by atoms with Gasteiger partial charge >= 0.3 is 0 Å². The Balaban J connectivity index is 1.90. The van der Waals surface area contributed by atoms with Crippen molar-refractivity contribution in [3.05, 3.63) is 40.0 Å². The second-order valence-corrected chi connectivity index (χ2v) is 7.55. The largest absolute Gasteiger partial charge is 0.488 e. The number of hydrogen-bond donors (Lipinski definition) is 3. The van der Waals surface area contributed by atoms with Crippen molar-refractivity contribution in [1.29, 1.82) is 0 Å². The van der Waals surface area contributed by atoms with Gasteiger partial charge in [0.05, 0.1) is 28.2 Å². The fraction of sp³-hybridized carbons (Fsp3) is 0.333. The quantitative estimate of drug-likeness (QED) is 0.536. The third-order valence-corrected chi connectivity index (χ3v) is 5.39. The van der Waals surface area contributed by atoms with Crippen molar-refractivity contribution in [2.45, 2.75) is 26.0 Å². The summed E-state index contributed by atoms with van der Waals surface area (Å²) in [6.45, 7) is 3.02. The number of amides is 2. The van der Waals surface area contributed by atoms with Crippen molar-refractivity contribution < 1.29 is 19.4 Å². The van der Waals surface area contributed by atoms with Gasteiger partial charge in [0.25, 0.3) is 5.91 Å². The van der Waals surface area contributed by atoms with Gasteiger partial charge in [-0.3, -0.25) is 14.3 Å². The van der Waals surface area contributed by atoms with Crippen LogP contribution in [0.1, 0.15) is 28.0 Å². The van der Waals surface area contributed by atoms with Gasteiger partial charge in [-0.25, -0.2) is 4.98 Å². The molecule has 0 bridgehead atoms. The van der Waals surface area contributed by atoms with Gasteiger partial charge in [-0.05, 0) is 32.0 Å². The van der Waals surface area contributed by atoms with Gasteiger partial charge in [0, 0.05) is 12.4 Å². The Bertz CT molecular complexity index is 1040. The molecule has 2 heterocycles. The predicted molar refractivity (Wildman–Crippen MR) is 104 cm³/mol. The Kier molecular flexibility index (Phi) is 5.34. The molecule has 3 rings (SSSR count). The molecule has 2 aromatic heterocycles. The number of benzene rings is 1. The number of fused-ring (bicyclic) bond motifs is 1. The molecule has 0 aliphatic rings. The number of nitrogens with one attached hydrogen (secondary N) is 1. The maximum atomic E-state index is 12.8. The first-order chi connectivity index (χ1) is 13.2. The molecule has 0 fully saturated rings. The summed E-state index contributed by atoms with van der Waals surface area (Å²) in [5.74, 6) is -0.836. The van der Waals surface area contributed by atoms with E-state index in [1.807, 2.05) is 6.92 Å². The van der Waals surface area contributed by atoms with E-state index in [2.05, 4.69) is 15.4 Å². The van der Waals surface area contributed by atoms with Crippen LogP contribution < -0.4 is 15.8 Å². The molecule has 0 saturated heterocycles. The highest BCUT2D eigenvalue weighted by atomic mass is 32.1. The highest BCUT2D eigenvalue weighted by Crippen LogP contribution is 2.25. The summed E-state index contributed by atoms with van der Waals surface area (Å²) in [6.07, 6.45) is 0. The summed E-state index contributed by atoms with van der Waals surface area (Å²) >= 11 is 1.51. The lowest BCUT2D eigenvalue weighted by molar-refractivity contribution is -0.124. The summed E-state index contributed by atoms with van der Waals surface area (Å²) in [7, 11) is 1.62. The monoisotopic (exact) mass is 403 g/mol. The lowest BCUT2D eigenvalue weighted by Gasteiger charge is -2.24. The van der Waals surface area contributed by atoms with Crippen LogP contribution in [0.3, 0.4) is 0 Å². The molecule has 0 spiro atoms. The minimum atomic E-state index is -1.58. The number of nitrogens with zero attached hydrogens (tertiary/aromatic N) is 3. The zero-order valence-electron chi connectivity index (χ0n) is 15.7. The van der Waals surface area contributed by atoms with Crippen LogP contribution in [0.25, 0.3) is 10.9 Å². The van der Waals surface area contributed by atoms with Crippen molar-refractivity contribution in [3.63, 3.8) is 0 Å².